The van der Waals surface area contributed by atoms with Gasteiger partial charge in [-0.25, -0.2) is 4.98 Å². The van der Waals surface area contributed by atoms with Crippen LogP contribution in [0.25, 0.3) is 44.1 Å². The summed E-state index contributed by atoms with van der Waals surface area (Å²) in [6.45, 7) is 0. The SMILES string of the molecule is c1ccc(-c2nc3c(N(c4ccccc4)c4ccc5ccccc5c4)c4ccc(N(c5ccccc5)c5ccccc5)cc4cc3o2)cc1. The smallest absolute Gasteiger partial charge is 0.227 e. The number of oxazole rings is 1. The van der Waals surface area contributed by atoms with Gasteiger partial charge in [-0.15, -0.1) is 0 Å². The number of hydrogen-bond donors (Lipinski definition) is 0. The summed E-state index contributed by atoms with van der Waals surface area (Å²) in [7, 11) is 0. The molecule has 0 atom stereocenters. The van der Waals surface area contributed by atoms with E-state index in [1.54, 1.807) is 0 Å². The van der Waals surface area contributed by atoms with Crippen molar-refractivity contribution in [2.24, 2.45) is 0 Å². The summed E-state index contributed by atoms with van der Waals surface area (Å²) >= 11 is 0. The maximum atomic E-state index is 6.61. The summed E-state index contributed by atoms with van der Waals surface area (Å²) in [6, 6.07) is 65.6. The minimum absolute atomic E-state index is 0.592. The van der Waals surface area contributed by atoms with Crippen molar-refractivity contribution in [2.45, 2.75) is 0 Å². The van der Waals surface area contributed by atoms with Crippen molar-refractivity contribution in [1.82, 2.24) is 4.98 Å². The summed E-state index contributed by atoms with van der Waals surface area (Å²) in [5.41, 5.74) is 8.74. The van der Waals surface area contributed by atoms with Gasteiger partial charge in [-0.1, -0.05) is 109 Å². The molecule has 0 radical (unpaired) electrons. The highest BCUT2D eigenvalue weighted by Gasteiger charge is 2.24. The van der Waals surface area contributed by atoms with Crippen LogP contribution in [0, 0.1) is 0 Å². The first-order valence-corrected chi connectivity index (χ1v) is 16.5. The molecule has 0 spiro atoms. The van der Waals surface area contributed by atoms with Gasteiger partial charge in [-0.2, -0.15) is 0 Å². The molecule has 49 heavy (non-hydrogen) atoms. The Morgan fingerprint density at radius 3 is 1.55 bits per heavy atom. The highest BCUT2D eigenvalue weighted by Crippen LogP contribution is 2.46. The monoisotopic (exact) mass is 629 g/mol. The van der Waals surface area contributed by atoms with Gasteiger partial charge in [0.15, 0.2) is 5.58 Å². The lowest BCUT2D eigenvalue weighted by Gasteiger charge is -2.28. The maximum Gasteiger partial charge on any atom is 0.227 e. The molecule has 4 nitrogen and oxygen atoms in total. The molecular weight excluding hydrogens is 599 g/mol. The normalized spacial score (nSPS) is 11.3. The summed E-state index contributed by atoms with van der Waals surface area (Å²) in [5.74, 6) is 0.592. The van der Waals surface area contributed by atoms with Crippen molar-refractivity contribution in [3.63, 3.8) is 0 Å². The molecule has 0 unspecified atom stereocenters. The van der Waals surface area contributed by atoms with Crippen LogP contribution < -0.4 is 9.80 Å². The van der Waals surface area contributed by atoms with Crippen molar-refractivity contribution in [3.05, 3.63) is 188 Å². The maximum absolute atomic E-state index is 6.61. The van der Waals surface area contributed by atoms with E-state index in [1.807, 2.05) is 30.3 Å². The van der Waals surface area contributed by atoms with E-state index in [2.05, 4.69) is 168 Å². The van der Waals surface area contributed by atoms with Gasteiger partial charge in [-0.05, 0) is 95.0 Å². The van der Waals surface area contributed by atoms with E-state index in [0.29, 0.717) is 5.89 Å². The van der Waals surface area contributed by atoms with Gasteiger partial charge in [-0.3, -0.25) is 0 Å². The summed E-state index contributed by atoms with van der Waals surface area (Å²) in [5, 5.41) is 4.49. The van der Waals surface area contributed by atoms with E-state index >= 15 is 0 Å². The molecule has 1 aromatic heterocycles. The van der Waals surface area contributed by atoms with Crippen LogP contribution in [-0.4, -0.2) is 4.98 Å². The first kappa shape index (κ1) is 28.6. The van der Waals surface area contributed by atoms with E-state index < -0.39 is 0 Å². The summed E-state index contributed by atoms with van der Waals surface area (Å²) in [4.78, 5) is 9.81. The average molecular weight is 630 g/mol. The highest BCUT2D eigenvalue weighted by atomic mass is 16.3. The fourth-order valence-corrected chi connectivity index (χ4v) is 6.72. The molecule has 8 aromatic carbocycles. The third-order valence-corrected chi connectivity index (χ3v) is 8.99. The topological polar surface area (TPSA) is 32.5 Å². The van der Waals surface area contributed by atoms with Gasteiger partial charge < -0.3 is 14.2 Å². The van der Waals surface area contributed by atoms with Gasteiger partial charge in [0.1, 0.15) is 5.52 Å². The van der Waals surface area contributed by atoms with Gasteiger partial charge in [0.25, 0.3) is 0 Å². The molecule has 0 saturated heterocycles. The summed E-state index contributed by atoms with van der Waals surface area (Å²) in [6.07, 6.45) is 0. The lowest BCUT2D eigenvalue weighted by molar-refractivity contribution is 0.620. The highest BCUT2D eigenvalue weighted by molar-refractivity contribution is 6.13. The van der Waals surface area contributed by atoms with E-state index in [0.717, 1.165) is 61.6 Å². The Hall–Kier alpha value is -6.65. The Morgan fingerprint density at radius 1 is 0.388 bits per heavy atom. The molecule has 1 heterocycles. The lowest BCUT2D eigenvalue weighted by Crippen LogP contribution is -2.12. The van der Waals surface area contributed by atoms with Crippen LogP contribution in [0.1, 0.15) is 0 Å². The quantitative estimate of drug-likeness (QED) is 0.176. The molecule has 0 aliphatic heterocycles. The van der Waals surface area contributed by atoms with Gasteiger partial charge in [0.2, 0.25) is 5.89 Å². The standard InChI is InChI=1S/C45H31N3O/c1-5-16-33(17-6-1)45-46-43-42(49-45)31-35-30-39(47(36-19-7-2-8-20-36)37-21-9-3-10-22-37)27-28-41(35)44(43)48(38-23-11-4-12-24-38)40-26-25-32-15-13-14-18-34(32)29-40/h1-31H. The predicted molar refractivity (Wildman–Crippen MR) is 204 cm³/mol. The fraction of sp³-hybridized carbons (Fsp3) is 0. The van der Waals surface area contributed by atoms with E-state index in [4.69, 9.17) is 9.40 Å². The van der Waals surface area contributed by atoms with Crippen LogP contribution in [0.5, 0.6) is 0 Å². The third-order valence-electron chi connectivity index (χ3n) is 8.99. The molecule has 0 fully saturated rings. The molecule has 0 N–H and O–H groups in total. The number of nitrogens with zero attached hydrogens (tertiary/aromatic N) is 3. The van der Waals surface area contributed by atoms with Crippen LogP contribution >= 0.6 is 0 Å². The number of benzene rings is 8. The molecule has 9 aromatic rings. The Labute approximate surface area is 284 Å². The van der Waals surface area contributed by atoms with Crippen molar-refractivity contribution in [2.75, 3.05) is 9.80 Å². The number of rotatable bonds is 7. The minimum Gasteiger partial charge on any atom is -0.436 e. The zero-order valence-electron chi connectivity index (χ0n) is 26.6. The zero-order chi connectivity index (χ0) is 32.6. The number of fused-ring (bicyclic) bond motifs is 3. The lowest BCUT2D eigenvalue weighted by atomic mass is 10.0. The van der Waals surface area contributed by atoms with Crippen molar-refractivity contribution in [1.29, 1.82) is 0 Å². The van der Waals surface area contributed by atoms with Crippen LogP contribution in [0.15, 0.2) is 192 Å². The van der Waals surface area contributed by atoms with Gasteiger partial charge in [0.05, 0.1) is 5.69 Å². The molecule has 9 rings (SSSR count). The van der Waals surface area contributed by atoms with Crippen molar-refractivity contribution < 1.29 is 4.42 Å². The first-order valence-electron chi connectivity index (χ1n) is 16.5. The van der Waals surface area contributed by atoms with E-state index in [1.165, 1.54) is 10.8 Å². The van der Waals surface area contributed by atoms with Gasteiger partial charge >= 0.3 is 0 Å². The van der Waals surface area contributed by atoms with Gasteiger partial charge in [0, 0.05) is 39.4 Å². The number of para-hydroxylation sites is 3. The fourth-order valence-electron chi connectivity index (χ4n) is 6.72. The first-order chi connectivity index (χ1) is 24.3. The molecule has 4 heteroatoms. The second-order valence-electron chi connectivity index (χ2n) is 12.1. The Balaban J connectivity index is 1.33. The molecular formula is C45H31N3O. The minimum atomic E-state index is 0.592. The third kappa shape index (κ3) is 5.26. The van der Waals surface area contributed by atoms with Crippen LogP contribution in [0.4, 0.5) is 34.1 Å². The molecule has 0 amide bonds. The largest absolute Gasteiger partial charge is 0.436 e. The Bertz CT molecular complexity index is 2510. The molecule has 0 bridgehead atoms. The molecule has 0 saturated carbocycles. The van der Waals surface area contributed by atoms with Crippen LogP contribution in [-0.2, 0) is 0 Å². The van der Waals surface area contributed by atoms with Crippen LogP contribution in [0.3, 0.4) is 0 Å². The molecule has 0 aliphatic rings. The van der Waals surface area contributed by atoms with Crippen molar-refractivity contribution >= 4 is 66.8 Å². The summed E-state index contributed by atoms with van der Waals surface area (Å²) < 4.78 is 6.61. The zero-order valence-corrected chi connectivity index (χ0v) is 26.6. The Kier molecular flexibility index (Phi) is 7.10. The average Bonchev–Trinajstić information content (AvgIpc) is 3.60. The number of anilines is 6. The second kappa shape index (κ2) is 12.2. The Morgan fingerprint density at radius 2 is 0.898 bits per heavy atom. The predicted octanol–water partition coefficient (Wildman–Crippen LogP) is 12.7. The number of hydrogen-bond acceptors (Lipinski definition) is 4. The van der Waals surface area contributed by atoms with Crippen molar-refractivity contribution in [3.8, 4) is 11.5 Å². The van der Waals surface area contributed by atoms with E-state index in [-0.39, 0.29) is 0 Å². The molecule has 0 aliphatic carbocycles. The van der Waals surface area contributed by atoms with Crippen LogP contribution in [0.2, 0.25) is 0 Å². The second-order valence-corrected chi connectivity index (χ2v) is 12.1. The number of aromatic nitrogens is 1. The van der Waals surface area contributed by atoms with E-state index in [9.17, 15) is 0 Å². The molecule has 232 valence electrons.